The molecule has 0 aliphatic carbocycles. The van der Waals surface area contributed by atoms with Crippen LogP contribution in [0.15, 0.2) is 54.6 Å². The van der Waals surface area contributed by atoms with Crippen molar-refractivity contribution in [3.05, 3.63) is 82.5 Å². The molecule has 0 unspecified atom stereocenters. The number of piperidine rings is 1. The summed E-state index contributed by atoms with van der Waals surface area (Å²) < 4.78 is 34.0. The van der Waals surface area contributed by atoms with E-state index >= 15 is 0 Å². The summed E-state index contributed by atoms with van der Waals surface area (Å²) >= 11 is 5.90. The molecule has 11 heteroatoms. The lowest BCUT2D eigenvalue weighted by atomic mass is 10.1. The van der Waals surface area contributed by atoms with Gasteiger partial charge in [-0.1, -0.05) is 23.7 Å². The largest absolute Gasteiger partial charge is 0.474 e. The van der Waals surface area contributed by atoms with Crippen LogP contribution in [0.2, 0.25) is 5.02 Å². The van der Waals surface area contributed by atoms with Crippen molar-refractivity contribution in [3.8, 4) is 5.88 Å². The molecular formula is C34H39ClFN5O4. The Morgan fingerprint density at radius 3 is 2.60 bits per heavy atom. The van der Waals surface area contributed by atoms with Gasteiger partial charge in [0.05, 0.1) is 30.2 Å². The molecule has 4 heterocycles. The summed E-state index contributed by atoms with van der Waals surface area (Å²) in [6.45, 7) is 9.42. The number of halogens is 2. The zero-order chi connectivity index (χ0) is 31.6. The summed E-state index contributed by atoms with van der Waals surface area (Å²) in [5, 5.41) is 3.22. The predicted octanol–water partition coefficient (Wildman–Crippen LogP) is 6.99. The van der Waals surface area contributed by atoms with Crippen molar-refractivity contribution < 1.29 is 23.4 Å². The first kappa shape index (κ1) is 31.3. The highest BCUT2D eigenvalue weighted by Crippen LogP contribution is 2.27. The molecule has 2 aliphatic heterocycles. The molecule has 0 saturated carbocycles. The summed E-state index contributed by atoms with van der Waals surface area (Å²) in [6, 6.07) is 16.1. The number of ether oxygens (including phenoxy) is 3. The molecule has 4 aromatic rings. The number of carbonyl (C=O) groups is 1. The van der Waals surface area contributed by atoms with Crippen molar-refractivity contribution in [2.75, 3.05) is 25.0 Å². The monoisotopic (exact) mass is 635 g/mol. The summed E-state index contributed by atoms with van der Waals surface area (Å²) in [5.41, 5.74) is 3.20. The number of pyridine rings is 1. The van der Waals surface area contributed by atoms with Crippen LogP contribution in [0.3, 0.4) is 0 Å². The van der Waals surface area contributed by atoms with Crippen molar-refractivity contribution in [1.82, 2.24) is 19.4 Å². The van der Waals surface area contributed by atoms with E-state index in [0.717, 1.165) is 61.5 Å². The molecule has 0 radical (unpaired) electrons. The van der Waals surface area contributed by atoms with Gasteiger partial charge in [-0.3, -0.25) is 10.2 Å². The minimum atomic E-state index is -0.581. The fourth-order valence-corrected chi connectivity index (χ4v) is 5.83. The van der Waals surface area contributed by atoms with E-state index in [4.69, 9.17) is 30.8 Å². The Morgan fingerprint density at radius 2 is 1.89 bits per heavy atom. The van der Waals surface area contributed by atoms with E-state index in [1.54, 1.807) is 12.1 Å². The van der Waals surface area contributed by atoms with Gasteiger partial charge in [0.25, 0.3) is 0 Å². The number of fused-ring (bicyclic) bond motifs is 1. The lowest BCUT2D eigenvalue weighted by Crippen LogP contribution is -2.39. The van der Waals surface area contributed by atoms with E-state index in [9.17, 15) is 9.18 Å². The van der Waals surface area contributed by atoms with Crippen molar-refractivity contribution in [1.29, 1.82) is 0 Å². The van der Waals surface area contributed by atoms with E-state index in [-0.39, 0.29) is 18.0 Å². The Kier molecular flexibility index (Phi) is 9.26. The number of amides is 1. The molecule has 2 saturated heterocycles. The van der Waals surface area contributed by atoms with Crippen molar-refractivity contribution in [3.63, 3.8) is 0 Å². The normalized spacial score (nSPS) is 17.7. The van der Waals surface area contributed by atoms with Gasteiger partial charge in [0.2, 0.25) is 5.88 Å². The van der Waals surface area contributed by atoms with Crippen molar-refractivity contribution in [2.24, 2.45) is 0 Å². The highest BCUT2D eigenvalue weighted by atomic mass is 35.5. The number of likely N-dealkylation sites (tertiary alicyclic amines) is 1. The molecule has 45 heavy (non-hydrogen) atoms. The summed E-state index contributed by atoms with van der Waals surface area (Å²) in [6.07, 6.45) is 2.80. The highest BCUT2D eigenvalue weighted by molar-refractivity contribution is 6.30. The Morgan fingerprint density at radius 1 is 1.09 bits per heavy atom. The Bertz CT molecular complexity index is 1660. The maximum atomic E-state index is 14.3. The number of rotatable bonds is 9. The maximum Gasteiger partial charge on any atom is 0.412 e. The zero-order valence-electron chi connectivity index (χ0n) is 25.9. The molecule has 238 valence electrons. The summed E-state index contributed by atoms with van der Waals surface area (Å²) in [7, 11) is 0. The van der Waals surface area contributed by atoms with Crippen LogP contribution in [0.5, 0.6) is 5.88 Å². The van der Waals surface area contributed by atoms with E-state index < -0.39 is 11.7 Å². The quantitative estimate of drug-likeness (QED) is 0.212. The van der Waals surface area contributed by atoms with Gasteiger partial charge in [-0.15, -0.1) is 0 Å². The first-order valence-electron chi connectivity index (χ1n) is 15.5. The van der Waals surface area contributed by atoms with E-state index in [1.807, 2.05) is 57.2 Å². The molecule has 2 aliphatic rings. The number of nitrogens with one attached hydrogen (secondary N) is 1. The number of aromatic nitrogens is 3. The maximum absolute atomic E-state index is 14.3. The van der Waals surface area contributed by atoms with Crippen LogP contribution in [-0.2, 0) is 29.0 Å². The number of imidazole rings is 1. The number of hydrogen-bond acceptors (Lipinski definition) is 7. The third kappa shape index (κ3) is 8.11. The van der Waals surface area contributed by atoms with Crippen LogP contribution >= 0.6 is 11.6 Å². The minimum absolute atomic E-state index is 0.0416. The minimum Gasteiger partial charge on any atom is -0.474 e. The number of anilines is 1. The fourth-order valence-electron chi connectivity index (χ4n) is 5.67. The molecule has 9 nitrogen and oxygen atoms in total. The average Bonchev–Trinajstić information content (AvgIpc) is 3.28. The first-order chi connectivity index (χ1) is 21.6. The van der Waals surface area contributed by atoms with Crippen LogP contribution in [0, 0.1) is 5.82 Å². The van der Waals surface area contributed by atoms with Gasteiger partial charge in [0, 0.05) is 48.6 Å². The Hall–Kier alpha value is -3.73. The topological polar surface area (TPSA) is 90.7 Å². The highest BCUT2D eigenvalue weighted by Gasteiger charge is 2.26. The van der Waals surface area contributed by atoms with Crippen LogP contribution in [-0.4, -0.2) is 63.0 Å². The summed E-state index contributed by atoms with van der Waals surface area (Å²) in [4.78, 5) is 24.4. The van der Waals surface area contributed by atoms with Gasteiger partial charge < -0.3 is 18.8 Å². The van der Waals surface area contributed by atoms with Crippen LogP contribution in [0.1, 0.15) is 57.1 Å². The molecule has 1 amide bonds. The Balaban J connectivity index is 1.09. The molecule has 2 aromatic carbocycles. The lowest BCUT2D eigenvalue weighted by molar-refractivity contribution is -0.0592. The second-order valence-electron chi connectivity index (χ2n) is 12.7. The molecule has 0 bridgehead atoms. The smallest absolute Gasteiger partial charge is 0.412 e. The van der Waals surface area contributed by atoms with Crippen molar-refractivity contribution in [2.45, 2.75) is 77.4 Å². The van der Waals surface area contributed by atoms with Gasteiger partial charge in [-0.2, -0.15) is 0 Å². The molecule has 0 spiro atoms. The van der Waals surface area contributed by atoms with E-state index in [0.29, 0.717) is 41.7 Å². The third-order valence-corrected chi connectivity index (χ3v) is 8.24. The second kappa shape index (κ2) is 13.3. The standard InChI is InChI=1S/C34H39ClFN5O4/c1-34(2,3)45-33(42)38-25-9-10-29-30(19-25)41(20-27-13-16-43-27)31(39-29)21-40-14-11-26(12-15-40)44-32-6-4-5-24(37-32)17-22-7-8-23(35)18-28(22)36/h4-10,18-19,26-27H,11-17,20-21H2,1-3H3,(H,38,42)/t27-/m0/s1. The van der Waals surface area contributed by atoms with E-state index in [2.05, 4.69) is 19.8 Å². The van der Waals surface area contributed by atoms with Gasteiger partial charge >= 0.3 is 6.09 Å². The predicted molar refractivity (Wildman–Crippen MR) is 171 cm³/mol. The van der Waals surface area contributed by atoms with Crippen LogP contribution < -0.4 is 10.1 Å². The number of carbonyl (C=O) groups excluding carboxylic acids is 1. The summed E-state index contributed by atoms with van der Waals surface area (Å²) in [5.74, 6) is 1.19. The number of nitrogens with zero attached hydrogens (tertiary/aromatic N) is 4. The number of benzene rings is 2. The SMILES string of the molecule is CC(C)(C)OC(=O)Nc1ccc2nc(CN3CCC(Oc4cccc(Cc5ccc(Cl)cc5F)n4)CC3)n(C[C@@H]3CCO3)c2c1. The molecule has 1 atom stereocenters. The molecular weight excluding hydrogens is 597 g/mol. The lowest BCUT2D eigenvalue weighted by Gasteiger charge is -2.32. The average molecular weight is 636 g/mol. The first-order valence-corrected chi connectivity index (χ1v) is 15.9. The molecule has 1 N–H and O–H groups in total. The van der Waals surface area contributed by atoms with Crippen LogP contribution in [0.4, 0.5) is 14.9 Å². The zero-order valence-corrected chi connectivity index (χ0v) is 26.6. The van der Waals surface area contributed by atoms with Gasteiger partial charge in [0.1, 0.15) is 23.3 Å². The fraction of sp³-hybridized carbons (Fsp3) is 0.441. The molecule has 2 aromatic heterocycles. The second-order valence-corrected chi connectivity index (χ2v) is 13.2. The third-order valence-electron chi connectivity index (χ3n) is 8.01. The molecule has 6 rings (SSSR count). The molecule has 2 fully saturated rings. The Labute approximate surface area is 267 Å². The van der Waals surface area contributed by atoms with Crippen LogP contribution in [0.25, 0.3) is 11.0 Å². The van der Waals surface area contributed by atoms with Gasteiger partial charge in [0.15, 0.2) is 0 Å². The number of hydrogen-bond donors (Lipinski definition) is 1. The van der Waals surface area contributed by atoms with Crippen molar-refractivity contribution >= 4 is 34.4 Å². The van der Waals surface area contributed by atoms with Gasteiger partial charge in [-0.05, 0) is 82.0 Å². The van der Waals surface area contributed by atoms with Gasteiger partial charge in [-0.25, -0.2) is 19.2 Å². The van der Waals surface area contributed by atoms with E-state index in [1.165, 1.54) is 6.07 Å².